The molecule has 3 nitrogen and oxygen atoms in total. The first kappa shape index (κ1) is 16.4. The van der Waals surface area contributed by atoms with Gasteiger partial charge in [-0.15, -0.1) is 0 Å². The van der Waals surface area contributed by atoms with Crippen molar-refractivity contribution in [2.45, 2.75) is 69.4 Å². The monoisotopic (exact) mass is 317 g/mol. The Morgan fingerprint density at radius 1 is 1.22 bits per heavy atom. The van der Waals surface area contributed by atoms with Crippen molar-refractivity contribution in [2.24, 2.45) is 11.7 Å². The van der Waals surface area contributed by atoms with Gasteiger partial charge >= 0.3 is 0 Å². The maximum atomic E-state index is 14.0. The lowest BCUT2D eigenvalue weighted by atomic mass is 9.77. The van der Waals surface area contributed by atoms with Gasteiger partial charge < -0.3 is 11.1 Å². The summed E-state index contributed by atoms with van der Waals surface area (Å²) >= 11 is 0. The molecule has 0 heterocycles. The van der Waals surface area contributed by atoms with Crippen LogP contribution in [0.4, 0.5) is 4.39 Å². The van der Waals surface area contributed by atoms with Crippen molar-refractivity contribution in [1.82, 2.24) is 5.32 Å². The number of carbonyl (C=O) groups is 1. The van der Waals surface area contributed by atoms with E-state index < -0.39 is 0 Å². The maximum Gasteiger partial charge on any atom is 0.223 e. The highest BCUT2D eigenvalue weighted by Crippen LogP contribution is 2.37. The predicted octanol–water partition coefficient (Wildman–Crippen LogP) is 3.29. The third-order valence-electron chi connectivity index (χ3n) is 5.47. The van der Waals surface area contributed by atoms with Crippen LogP contribution in [0.3, 0.4) is 0 Å². The SMILES string of the molecule is NC1CCCCC1NC(=O)[C@@H]1CCC[C@H](c2c[c]ccc2F)C1. The fourth-order valence-corrected chi connectivity index (χ4v) is 4.09. The molecule has 1 amide bonds. The number of nitrogens with one attached hydrogen (secondary N) is 1. The van der Waals surface area contributed by atoms with E-state index in [9.17, 15) is 9.18 Å². The molecule has 3 N–H and O–H groups in total. The maximum absolute atomic E-state index is 14.0. The fourth-order valence-electron chi connectivity index (χ4n) is 4.09. The van der Waals surface area contributed by atoms with Gasteiger partial charge in [-0.25, -0.2) is 4.39 Å². The molecule has 4 heteroatoms. The summed E-state index contributed by atoms with van der Waals surface area (Å²) < 4.78 is 14.0. The Balaban J connectivity index is 1.61. The Kier molecular flexibility index (Phi) is 5.31. The number of hydrogen-bond acceptors (Lipinski definition) is 2. The Bertz CT molecular complexity index is 548. The van der Waals surface area contributed by atoms with Crippen molar-refractivity contribution in [1.29, 1.82) is 0 Å². The number of nitrogens with two attached hydrogens (primary N) is 1. The number of benzene rings is 1. The summed E-state index contributed by atoms with van der Waals surface area (Å²) in [6.45, 7) is 0. The Morgan fingerprint density at radius 2 is 2.04 bits per heavy atom. The van der Waals surface area contributed by atoms with Crippen molar-refractivity contribution in [3.8, 4) is 0 Å². The number of carbonyl (C=O) groups excluding carboxylic acids is 1. The van der Waals surface area contributed by atoms with Gasteiger partial charge in [0, 0.05) is 18.0 Å². The van der Waals surface area contributed by atoms with Crippen LogP contribution in [0.15, 0.2) is 18.2 Å². The second-order valence-corrected chi connectivity index (χ2v) is 7.07. The van der Waals surface area contributed by atoms with Crippen LogP contribution < -0.4 is 11.1 Å². The van der Waals surface area contributed by atoms with Crippen molar-refractivity contribution in [3.63, 3.8) is 0 Å². The lowest BCUT2D eigenvalue weighted by Crippen LogP contribution is -2.51. The van der Waals surface area contributed by atoms with Crippen molar-refractivity contribution in [3.05, 3.63) is 35.6 Å². The van der Waals surface area contributed by atoms with Gasteiger partial charge in [0.15, 0.2) is 0 Å². The van der Waals surface area contributed by atoms with E-state index in [-0.39, 0.29) is 35.6 Å². The summed E-state index contributed by atoms with van der Waals surface area (Å²) in [5, 5.41) is 3.16. The Hall–Kier alpha value is -1.42. The zero-order valence-corrected chi connectivity index (χ0v) is 13.6. The molecule has 2 unspecified atom stereocenters. The van der Waals surface area contributed by atoms with Crippen LogP contribution in [0, 0.1) is 17.8 Å². The topological polar surface area (TPSA) is 55.1 Å². The molecule has 2 fully saturated rings. The lowest BCUT2D eigenvalue weighted by Gasteiger charge is -2.33. The molecule has 2 aliphatic rings. The van der Waals surface area contributed by atoms with Crippen molar-refractivity contribution < 1.29 is 9.18 Å². The van der Waals surface area contributed by atoms with Gasteiger partial charge in [-0.05, 0) is 61.8 Å². The number of halogens is 1. The summed E-state index contributed by atoms with van der Waals surface area (Å²) in [6.07, 6.45) is 7.79. The highest BCUT2D eigenvalue weighted by atomic mass is 19.1. The molecule has 0 aliphatic heterocycles. The molecular weight excluding hydrogens is 291 g/mol. The van der Waals surface area contributed by atoms with Crippen LogP contribution in [-0.4, -0.2) is 18.0 Å². The molecule has 0 aromatic heterocycles. The first-order valence-corrected chi connectivity index (χ1v) is 8.86. The van der Waals surface area contributed by atoms with Crippen molar-refractivity contribution >= 4 is 5.91 Å². The first-order valence-electron chi connectivity index (χ1n) is 8.86. The van der Waals surface area contributed by atoms with Crippen LogP contribution in [0.25, 0.3) is 0 Å². The van der Waals surface area contributed by atoms with Crippen LogP contribution in [0.2, 0.25) is 0 Å². The van der Waals surface area contributed by atoms with Crippen LogP contribution in [-0.2, 0) is 4.79 Å². The Labute approximate surface area is 137 Å². The molecule has 23 heavy (non-hydrogen) atoms. The second-order valence-electron chi connectivity index (χ2n) is 7.07. The van der Waals surface area contributed by atoms with E-state index in [0.29, 0.717) is 5.56 Å². The van der Waals surface area contributed by atoms with Gasteiger partial charge in [-0.2, -0.15) is 0 Å². The minimum atomic E-state index is -0.177. The molecule has 1 radical (unpaired) electrons. The zero-order chi connectivity index (χ0) is 16.2. The van der Waals surface area contributed by atoms with Crippen LogP contribution >= 0.6 is 0 Å². The summed E-state index contributed by atoms with van der Waals surface area (Å²) in [6, 6.07) is 7.93. The van der Waals surface area contributed by atoms with E-state index in [2.05, 4.69) is 11.4 Å². The first-order chi connectivity index (χ1) is 11.1. The molecule has 125 valence electrons. The predicted molar refractivity (Wildman–Crippen MR) is 88.3 cm³/mol. The lowest BCUT2D eigenvalue weighted by molar-refractivity contribution is -0.127. The molecule has 0 spiro atoms. The van der Waals surface area contributed by atoms with Gasteiger partial charge in [0.1, 0.15) is 5.82 Å². The molecule has 0 saturated heterocycles. The Morgan fingerprint density at radius 3 is 2.83 bits per heavy atom. The van der Waals surface area contributed by atoms with Gasteiger partial charge in [0.2, 0.25) is 5.91 Å². The smallest absolute Gasteiger partial charge is 0.223 e. The van der Waals surface area contributed by atoms with Gasteiger partial charge in [0.25, 0.3) is 0 Å². The van der Waals surface area contributed by atoms with Gasteiger partial charge in [0.05, 0.1) is 0 Å². The third-order valence-corrected chi connectivity index (χ3v) is 5.47. The third kappa shape index (κ3) is 3.92. The van der Waals surface area contributed by atoms with Crippen LogP contribution in [0.5, 0.6) is 0 Å². The molecule has 0 bridgehead atoms. The highest BCUT2D eigenvalue weighted by Gasteiger charge is 2.31. The fraction of sp³-hybridized carbons (Fsp3) is 0.632. The number of hydrogen-bond donors (Lipinski definition) is 2. The largest absolute Gasteiger partial charge is 0.352 e. The van der Waals surface area contributed by atoms with E-state index in [4.69, 9.17) is 5.73 Å². The van der Waals surface area contributed by atoms with E-state index in [1.54, 1.807) is 12.1 Å². The summed E-state index contributed by atoms with van der Waals surface area (Å²) in [5.41, 5.74) is 6.83. The molecular formula is C19H26FN2O. The molecule has 2 aliphatic carbocycles. The average Bonchev–Trinajstić information content (AvgIpc) is 2.57. The minimum Gasteiger partial charge on any atom is -0.352 e. The van der Waals surface area contributed by atoms with E-state index in [0.717, 1.165) is 51.4 Å². The van der Waals surface area contributed by atoms with E-state index in [1.165, 1.54) is 6.07 Å². The van der Waals surface area contributed by atoms with Gasteiger partial charge in [-0.3, -0.25) is 4.79 Å². The summed E-state index contributed by atoms with van der Waals surface area (Å²) in [5.74, 6) is 0.0286. The summed E-state index contributed by atoms with van der Waals surface area (Å²) in [4.78, 5) is 12.6. The quantitative estimate of drug-likeness (QED) is 0.899. The second kappa shape index (κ2) is 7.43. The molecule has 1 aromatic carbocycles. The normalized spacial score (nSPS) is 31.6. The minimum absolute atomic E-state index is 0.0255. The number of rotatable bonds is 3. The van der Waals surface area contributed by atoms with Crippen LogP contribution in [0.1, 0.15) is 62.8 Å². The average molecular weight is 317 g/mol. The van der Waals surface area contributed by atoms with E-state index >= 15 is 0 Å². The van der Waals surface area contributed by atoms with Crippen molar-refractivity contribution in [2.75, 3.05) is 0 Å². The molecule has 4 atom stereocenters. The number of amides is 1. The zero-order valence-electron chi connectivity index (χ0n) is 13.6. The molecule has 2 saturated carbocycles. The molecule has 1 aromatic rings. The molecule has 3 rings (SSSR count). The standard InChI is InChI=1S/C19H26FN2O/c20-16-9-2-1-8-15(16)13-6-5-7-14(12-13)19(23)22-18-11-4-3-10-17(18)21/h2,8-9,13-14,17-18H,3-7,10-12,21H2,(H,22,23)/t13-,14+,17?,18?/m0/s1. The summed E-state index contributed by atoms with van der Waals surface area (Å²) in [7, 11) is 0. The van der Waals surface area contributed by atoms with E-state index in [1.807, 2.05) is 0 Å². The van der Waals surface area contributed by atoms with Gasteiger partial charge in [-0.1, -0.05) is 25.3 Å². The highest BCUT2D eigenvalue weighted by molar-refractivity contribution is 5.79.